The lowest BCUT2D eigenvalue weighted by molar-refractivity contribution is -0.130. The zero-order valence-corrected chi connectivity index (χ0v) is 16.4. The molecule has 1 heterocycles. The van der Waals surface area contributed by atoms with Gasteiger partial charge in [0.1, 0.15) is 0 Å². The van der Waals surface area contributed by atoms with Crippen molar-refractivity contribution in [2.45, 2.75) is 29.2 Å². The van der Waals surface area contributed by atoms with Gasteiger partial charge in [-0.15, -0.1) is 0 Å². The molecule has 1 aliphatic rings. The van der Waals surface area contributed by atoms with E-state index in [1.54, 1.807) is 23.8 Å². The molecular weight excluding hydrogens is 360 g/mol. The molecule has 5 nitrogen and oxygen atoms in total. The molecule has 1 aliphatic heterocycles. The summed E-state index contributed by atoms with van der Waals surface area (Å²) in [5.41, 5.74) is 0.771. The first-order valence-corrected chi connectivity index (χ1v) is 9.81. The summed E-state index contributed by atoms with van der Waals surface area (Å²) in [4.78, 5) is 28.8. The van der Waals surface area contributed by atoms with E-state index in [1.165, 1.54) is 0 Å². The Labute approximate surface area is 164 Å². The number of methoxy groups -OCH3 is 1. The number of likely N-dealkylation sites (tertiary alicyclic amines) is 1. The number of nitrogens with one attached hydrogen (secondary N) is 1. The minimum absolute atomic E-state index is 0.00615. The molecular formula is C21H24N2O3S. The Morgan fingerprint density at radius 1 is 1.22 bits per heavy atom. The Morgan fingerprint density at radius 3 is 2.67 bits per heavy atom. The fourth-order valence-electron chi connectivity index (χ4n) is 3.17. The van der Waals surface area contributed by atoms with Crippen LogP contribution in [0.4, 0.5) is 5.69 Å². The topological polar surface area (TPSA) is 58.6 Å². The molecule has 0 bridgehead atoms. The van der Waals surface area contributed by atoms with Gasteiger partial charge < -0.3 is 15.0 Å². The normalized spacial score (nSPS) is 17.8. The first-order valence-electron chi connectivity index (χ1n) is 8.99. The number of carbonyl (C=O) groups is 2. The van der Waals surface area contributed by atoms with Crippen LogP contribution in [0.25, 0.3) is 0 Å². The van der Waals surface area contributed by atoms with Crippen molar-refractivity contribution >= 4 is 29.3 Å². The smallest absolute Gasteiger partial charge is 0.229 e. The van der Waals surface area contributed by atoms with Gasteiger partial charge in [0.15, 0.2) is 0 Å². The highest BCUT2D eigenvalue weighted by Crippen LogP contribution is 2.33. The highest BCUT2D eigenvalue weighted by atomic mass is 32.2. The number of benzene rings is 2. The fraction of sp³-hybridized carbons (Fsp3) is 0.333. The third-order valence-electron chi connectivity index (χ3n) is 4.59. The number of carbonyl (C=O) groups excluding carboxylic acids is 2. The van der Waals surface area contributed by atoms with Crippen LogP contribution in [0.3, 0.4) is 0 Å². The fourth-order valence-corrected chi connectivity index (χ4v) is 4.10. The van der Waals surface area contributed by atoms with Gasteiger partial charge in [-0.05, 0) is 31.2 Å². The van der Waals surface area contributed by atoms with Crippen LogP contribution in [0.5, 0.6) is 0 Å². The second-order valence-electron chi connectivity index (χ2n) is 6.65. The molecule has 0 unspecified atom stereocenters. The van der Waals surface area contributed by atoms with Gasteiger partial charge in [0.2, 0.25) is 11.8 Å². The average molecular weight is 385 g/mol. The number of anilines is 1. The van der Waals surface area contributed by atoms with Crippen molar-refractivity contribution in [3.63, 3.8) is 0 Å². The van der Waals surface area contributed by atoms with Gasteiger partial charge in [-0.3, -0.25) is 9.59 Å². The number of para-hydroxylation sites is 1. The minimum atomic E-state index is -0.341. The molecule has 2 aromatic carbocycles. The first kappa shape index (κ1) is 19.5. The Balaban J connectivity index is 1.67. The highest BCUT2D eigenvalue weighted by molar-refractivity contribution is 7.99. The van der Waals surface area contributed by atoms with Gasteiger partial charge >= 0.3 is 0 Å². The molecule has 1 N–H and O–H groups in total. The van der Waals surface area contributed by atoms with Gasteiger partial charge in [-0.2, -0.15) is 0 Å². The van der Waals surface area contributed by atoms with Gasteiger partial charge in [0, 0.05) is 29.9 Å². The predicted octanol–water partition coefficient (Wildman–Crippen LogP) is 3.66. The molecule has 0 aromatic heterocycles. The van der Waals surface area contributed by atoms with E-state index in [9.17, 15) is 9.59 Å². The van der Waals surface area contributed by atoms with Crippen LogP contribution in [-0.4, -0.2) is 43.0 Å². The Kier molecular flexibility index (Phi) is 6.53. The second kappa shape index (κ2) is 9.06. The molecule has 0 spiro atoms. The summed E-state index contributed by atoms with van der Waals surface area (Å²) in [6.45, 7) is 2.84. The quantitative estimate of drug-likeness (QED) is 0.791. The maximum atomic E-state index is 12.8. The van der Waals surface area contributed by atoms with Gasteiger partial charge in [-0.1, -0.05) is 42.1 Å². The predicted molar refractivity (Wildman–Crippen MR) is 107 cm³/mol. The van der Waals surface area contributed by atoms with E-state index in [4.69, 9.17) is 4.74 Å². The summed E-state index contributed by atoms with van der Waals surface area (Å²) in [5.74, 6) is -0.449. The van der Waals surface area contributed by atoms with Crippen LogP contribution < -0.4 is 5.32 Å². The van der Waals surface area contributed by atoms with Crippen LogP contribution in [0.2, 0.25) is 0 Å². The SMILES string of the molecule is COC[C@@H](C)N1C[C@@H](C(=O)Nc2ccccc2Sc2ccccc2)CC1=O. The standard InChI is InChI=1S/C21H24N2O3S/c1-15(14-26-2)23-13-16(12-20(23)24)21(25)22-18-10-6-7-11-19(18)27-17-8-4-3-5-9-17/h3-11,15-16H,12-14H2,1-2H3,(H,22,25)/t15-,16+/m1/s1. The lowest BCUT2D eigenvalue weighted by Crippen LogP contribution is -2.38. The first-order chi connectivity index (χ1) is 13.1. The Bertz CT molecular complexity index is 797. The maximum absolute atomic E-state index is 12.8. The van der Waals surface area contributed by atoms with Crippen LogP contribution in [-0.2, 0) is 14.3 Å². The van der Waals surface area contributed by atoms with Crippen molar-refractivity contribution in [1.29, 1.82) is 0 Å². The van der Waals surface area contributed by atoms with Crippen LogP contribution in [0, 0.1) is 5.92 Å². The average Bonchev–Trinajstić information content (AvgIpc) is 3.06. The minimum Gasteiger partial charge on any atom is -0.383 e. The van der Waals surface area contributed by atoms with Gasteiger partial charge in [-0.25, -0.2) is 0 Å². The molecule has 27 heavy (non-hydrogen) atoms. The number of amides is 2. The van der Waals surface area contributed by atoms with Crippen molar-refractivity contribution in [1.82, 2.24) is 4.90 Å². The van der Waals surface area contributed by atoms with Crippen molar-refractivity contribution < 1.29 is 14.3 Å². The van der Waals surface area contributed by atoms with E-state index in [0.29, 0.717) is 13.2 Å². The maximum Gasteiger partial charge on any atom is 0.229 e. The van der Waals surface area contributed by atoms with E-state index < -0.39 is 0 Å². The summed E-state index contributed by atoms with van der Waals surface area (Å²) < 4.78 is 5.13. The van der Waals surface area contributed by atoms with Crippen molar-refractivity contribution in [2.24, 2.45) is 5.92 Å². The molecule has 0 radical (unpaired) electrons. The van der Waals surface area contributed by atoms with Gasteiger partial charge in [0.05, 0.1) is 24.3 Å². The van der Waals surface area contributed by atoms with Crippen LogP contribution in [0.15, 0.2) is 64.4 Å². The van der Waals surface area contributed by atoms with Crippen molar-refractivity contribution in [2.75, 3.05) is 25.6 Å². The molecule has 3 rings (SSSR count). The molecule has 0 saturated carbocycles. The zero-order chi connectivity index (χ0) is 19.2. The number of ether oxygens (including phenoxy) is 1. The summed E-state index contributed by atoms with van der Waals surface area (Å²) in [7, 11) is 1.61. The molecule has 1 fully saturated rings. The molecule has 142 valence electrons. The number of nitrogens with zero attached hydrogens (tertiary/aromatic N) is 1. The number of rotatable bonds is 7. The lowest BCUT2D eigenvalue weighted by Gasteiger charge is -2.24. The molecule has 0 aliphatic carbocycles. The van der Waals surface area contributed by atoms with E-state index in [1.807, 2.05) is 61.5 Å². The third kappa shape index (κ3) is 4.90. The summed E-state index contributed by atoms with van der Waals surface area (Å²) in [5, 5.41) is 3.01. The summed E-state index contributed by atoms with van der Waals surface area (Å²) in [6.07, 6.45) is 0.244. The highest BCUT2D eigenvalue weighted by Gasteiger charge is 2.36. The molecule has 1 saturated heterocycles. The van der Waals surface area contributed by atoms with Crippen LogP contribution in [0.1, 0.15) is 13.3 Å². The van der Waals surface area contributed by atoms with E-state index in [2.05, 4.69) is 5.32 Å². The number of hydrogen-bond donors (Lipinski definition) is 1. The Hall–Kier alpha value is -2.31. The molecule has 2 aromatic rings. The van der Waals surface area contributed by atoms with Crippen molar-refractivity contribution in [3.8, 4) is 0 Å². The van der Waals surface area contributed by atoms with Crippen molar-refractivity contribution in [3.05, 3.63) is 54.6 Å². The zero-order valence-electron chi connectivity index (χ0n) is 15.6. The molecule has 2 atom stereocenters. The monoisotopic (exact) mass is 384 g/mol. The third-order valence-corrected chi connectivity index (χ3v) is 5.67. The van der Waals surface area contributed by atoms with Crippen LogP contribution >= 0.6 is 11.8 Å². The summed E-state index contributed by atoms with van der Waals surface area (Å²) >= 11 is 1.60. The van der Waals surface area contributed by atoms with E-state index >= 15 is 0 Å². The molecule has 2 amide bonds. The lowest BCUT2D eigenvalue weighted by atomic mass is 10.1. The Morgan fingerprint density at radius 2 is 1.93 bits per heavy atom. The van der Waals surface area contributed by atoms with E-state index in [-0.39, 0.29) is 30.2 Å². The molecule has 6 heteroatoms. The largest absolute Gasteiger partial charge is 0.383 e. The second-order valence-corrected chi connectivity index (χ2v) is 7.77. The number of hydrogen-bond acceptors (Lipinski definition) is 4. The van der Waals surface area contributed by atoms with Gasteiger partial charge in [0.25, 0.3) is 0 Å². The van der Waals surface area contributed by atoms with E-state index in [0.717, 1.165) is 15.5 Å². The summed E-state index contributed by atoms with van der Waals surface area (Å²) in [6, 6.07) is 17.7.